The molecule has 0 aliphatic carbocycles. The molecule has 3 rings (SSSR count). The predicted molar refractivity (Wildman–Crippen MR) is 52.2 cm³/mol. The van der Waals surface area contributed by atoms with Crippen LogP contribution in [0.25, 0.3) is 0 Å². The summed E-state index contributed by atoms with van der Waals surface area (Å²) in [5, 5.41) is 29.2. The molecule has 0 aromatic carbocycles. The fourth-order valence-corrected chi connectivity index (χ4v) is 2.34. The van der Waals surface area contributed by atoms with Gasteiger partial charge in [-0.15, -0.1) is 0 Å². The molecule has 8 heteroatoms. The summed E-state index contributed by atoms with van der Waals surface area (Å²) in [6.07, 6.45) is -6.06. The molecule has 0 spiro atoms. The summed E-state index contributed by atoms with van der Waals surface area (Å²) in [5.74, 6) is 0. The summed E-state index contributed by atoms with van der Waals surface area (Å²) < 4.78 is 6.12. The lowest BCUT2D eigenvalue weighted by Crippen LogP contribution is -2.42. The van der Waals surface area contributed by atoms with Gasteiger partial charge in [0, 0.05) is 6.07 Å². The van der Waals surface area contributed by atoms with E-state index < -0.39 is 41.9 Å². The van der Waals surface area contributed by atoms with Crippen molar-refractivity contribution < 1.29 is 20.1 Å². The van der Waals surface area contributed by atoms with Crippen LogP contribution < -0.4 is 11.2 Å². The average Bonchev–Trinajstić information content (AvgIpc) is 2.52. The Morgan fingerprint density at radius 1 is 1.24 bits per heavy atom. The fraction of sp³-hybridized carbons (Fsp3) is 0.556. The van der Waals surface area contributed by atoms with Gasteiger partial charge in [-0.2, -0.15) is 0 Å². The number of aliphatic hydroxyl groups excluding tert-OH is 3. The van der Waals surface area contributed by atoms with E-state index >= 15 is 0 Å². The number of hydrogen-bond acceptors (Lipinski definition) is 6. The highest BCUT2D eigenvalue weighted by Crippen LogP contribution is 2.40. The molecule has 1 fully saturated rings. The summed E-state index contributed by atoms with van der Waals surface area (Å²) in [6.45, 7) is 0. The molecule has 1 aromatic heterocycles. The van der Waals surface area contributed by atoms with E-state index in [1.165, 1.54) is 0 Å². The van der Waals surface area contributed by atoms with Crippen LogP contribution in [0.1, 0.15) is 18.0 Å². The number of aliphatic hydroxyl groups is 3. The van der Waals surface area contributed by atoms with Crippen LogP contribution in [0.3, 0.4) is 0 Å². The zero-order valence-electron chi connectivity index (χ0n) is 8.48. The second-order valence-corrected chi connectivity index (χ2v) is 4.15. The van der Waals surface area contributed by atoms with Crippen molar-refractivity contribution in [1.29, 1.82) is 0 Å². The van der Waals surface area contributed by atoms with Crippen LogP contribution >= 0.6 is 0 Å². The Hall–Kier alpha value is -1.48. The van der Waals surface area contributed by atoms with E-state index in [0.717, 1.165) is 10.6 Å². The molecule has 3 heterocycles. The average molecular weight is 242 g/mol. The minimum atomic E-state index is -1.33. The number of aromatic nitrogens is 2. The van der Waals surface area contributed by atoms with Gasteiger partial charge in [0.25, 0.3) is 5.56 Å². The van der Waals surface area contributed by atoms with Crippen LogP contribution in [0.15, 0.2) is 15.7 Å². The lowest BCUT2D eigenvalue weighted by molar-refractivity contribution is -0.116. The standard InChI is InChI=1S/C9H10N2O6/c12-3-1-2-4(13)7-5(14)6(15)8(17-7)11(2)9(16)10-3/h1,4-8,13-15H,(H,10,12,16)/t4-,5+,6-,7-,8-/m1/s1. The van der Waals surface area contributed by atoms with Gasteiger partial charge in [-0.05, 0) is 0 Å². The van der Waals surface area contributed by atoms with Gasteiger partial charge in [0.15, 0.2) is 6.23 Å². The monoisotopic (exact) mass is 242 g/mol. The smallest absolute Gasteiger partial charge is 0.330 e. The minimum Gasteiger partial charge on any atom is -0.387 e. The zero-order chi connectivity index (χ0) is 12.3. The van der Waals surface area contributed by atoms with Crippen molar-refractivity contribution in [2.24, 2.45) is 0 Å². The maximum Gasteiger partial charge on any atom is 0.330 e. The summed E-state index contributed by atoms with van der Waals surface area (Å²) in [5.41, 5.74) is -1.40. The number of hydrogen-bond donors (Lipinski definition) is 4. The molecular formula is C9H10N2O6. The third-order valence-electron chi connectivity index (χ3n) is 3.15. The van der Waals surface area contributed by atoms with E-state index in [2.05, 4.69) is 0 Å². The van der Waals surface area contributed by atoms with Crippen LogP contribution in [-0.2, 0) is 4.74 Å². The van der Waals surface area contributed by atoms with Gasteiger partial charge in [0.2, 0.25) is 0 Å². The highest BCUT2D eigenvalue weighted by molar-refractivity contribution is 5.15. The highest BCUT2D eigenvalue weighted by atomic mass is 16.6. The Labute approximate surface area is 93.7 Å². The van der Waals surface area contributed by atoms with Gasteiger partial charge in [-0.25, -0.2) is 4.79 Å². The molecule has 5 atom stereocenters. The van der Waals surface area contributed by atoms with Crippen LogP contribution in [0.5, 0.6) is 0 Å². The summed E-state index contributed by atoms with van der Waals surface area (Å²) in [7, 11) is 0. The number of H-pyrrole nitrogens is 1. The van der Waals surface area contributed by atoms with Crippen LogP contribution in [0.2, 0.25) is 0 Å². The first-order valence-corrected chi connectivity index (χ1v) is 5.06. The van der Waals surface area contributed by atoms with Gasteiger partial charge in [0.05, 0.1) is 5.69 Å². The molecule has 0 saturated carbocycles. The van der Waals surface area contributed by atoms with Crippen LogP contribution in [-0.4, -0.2) is 43.2 Å². The molecular weight excluding hydrogens is 232 g/mol. The zero-order valence-corrected chi connectivity index (χ0v) is 8.48. The van der Waals surface area contributed by atoms with Crippen molar-refractivity contribution in [3.63, 3.8) is 0 Å². The van der Waals surface area contributed by atoms with E-state index in [9.17, 15) is 24.9 Å². The second kappa shape index (κ2) is 3.26. The number of nitrogens with one attached hydrogen (secondary N) is 1. The second-order valence-electron chi connectivity index (χ2n) is 4.15. The first-order valence-electron chi connectivity index (χ1n) is 5.06. The first kappa shape index (κ1) is 10.7. The van der Waals surface area contributed by atoms with Crippen molar-refractivity contribution in [3.8, 4) is 0 Å². The number of ether oxygens (including phenoxy) is 1. The van der Waals surface area contributed by atoms with E-state index in [-0.39, 0.29) is 5.69 Å². The van der Waals surface area contributed by atoms with Crippen molar-refractivity contribution in [3.05, 3.63) is 32.6 Å². The molecule has 0 radical (unpaired) electrons. The largest absolute Gasteiger partial charge is 0.387 e. The Bertz CT molecular complexity index is 578. The van der Waals surface area contributed by atoms with Crippen molar-refractivity contribution in [2.45, 2.75) is 30.6 Å². The normalized spacial score (nSPS) is 39.1. The highest BCUT2D eigenvalue weighted by Gasteiger charge is 2.52. The quantitative estimate of drug-likeness (QED) is 0.389. The Morgan fingerprint density at radius 2 is 1.94 bits per heavy atom. The maximum atomic E-state index is 11.6. The number of fused-ring (bicyclic) bond motifs is 4. The van der Waals surface area contributed by atoms with E-state index in [1.807, 2.05) is 4.98 Å². The first-order chi connectivity index (χ1) is 8.00. The SMILES string of the molecule is O=c1cc2n(c(=O)[nH]1)[C@@H]1O[C@@H]([C@@H](O)[C@H]1O)[C@@H]2O. The summed E-state index contributed by atoms with van der Waals surface area (Å²) in [4.78, 5) is 24.8. The Morgan fingerprint density at radius 3 is 2.65 bits per heavy atom. The van der Waals surface area contributed by atoms with E-state index in [1.54, 1.807) is 0 Å². The van der Waals surface area contributed by atoms with Gasteiger partial charge < -0.3 is 20.1 Å². The molecule has 92 valence electrons. The lowest BCUT2D eigenvalue weighted by atomic mass is 10.1. The molecule has 4 N–H and O–H groups in total. The van der Waals surface area contributed by atoms with E-state index in [4.69, 9.17) is 4.74 Å². The fourth-order valence-electron chi connectivity index (χ4n) is 2.34. The minimum absolute atomic E-state index is 0.0376. The predicted octanol–water partition coefficient (Wildman–Crippen LogP) is -2.80. The number of aromatic amines is 1. The summed E-state index contributed by atoms with van der Waals surface area (Å²) >= 11 is 0. The van der Waals surface area contributed by atoms with E-state index in [0.29, 0.717) is 0 Å². The number of rotatable bonds is 0. The molecule has 0 amide bonds. The third kappa shape index (κ3) is 1.26. The molecule has 17 heavy (non-hydrogen) atoms. The lowest BCUT2D eigenvalue weighted by Gasteiger charge is -2.29. The van der Waals surface area contributed by atoms with Crippen LogP contribution in [0, 0.1) is 0 Å². The Kier molecular flexibility index (Phi) is 2.05. The van der Waals surface area contributed by atoms with Gasteiger partial charge in [-0.3, -0.25) is 14.3 Å². The van der Waals surface area contributed by atoms with Crippen LogP contribution in [0.4, 0.5) is 0 Å². The molecule has 2 aliphatic rings. The van der Waals surface area contributed by atoms with Gasteiger partial charge in [-0.1, -0.05) is 0 Å². The van der Waals surface area contributed by atoms with Gasteiger partial charge >= 0.3 is 5.69 Å². The van der Waals surface area contributed by atoms with Crippen molar-refractivity contribution in [2.75, 3.05) is 0 Å². The molecule has 2 bridgehead atoms. The molecule has 0 unspecified atom stereocenters. The molecule has 2 aliphatic heterocycles. The molecule has 8 nitrogen and oxygen atoms in total. The van der Waals surface area contributed by atoms with Crippen molar-refractivity contribution >= 4 is 0 Å². The van der Waals surface area contributed by atoms with Crippen molar-refractivity contribution in [1.82, 2.24) is 9.55 Å². The Balaban J connectivity index is 2.28. The molecule has 1 saturated heterocycles. The summed E-state index contributed by atoms with van der Waals surface area (Å²) in [6, 6.07) is 1.05. The number of nitrogens with zero attached hydrogens (tertiary/aromatic N) is 1. The van der Waals surface area contributed by atoms with Gasteiger partial charge in [0.1, 0.15) is 24.4 Å². The third-order valence-corrected chi connectivity index (χ3v) is 3.15. The topological polar surface area (TPSA) is 125 Å². The molecule has 1 aromatic rings. The maximum absolute atomic E-state index is 11.6.